The van der Waals surface area contributed by atoms with E-state index in [1.807, 2.05) is 13.8 Å². The Labute approximate surface area is 185 Å². The van der Waals surface area contributed by atoms with E-state index in [-0.39, 0.29) is 27.8 Å². The van der Waals surface area contributed by atoms with Crippen LogP contribution < -0.4 is 5.32 Å². The molecule has 0 spiro atoms. The molecule has 28 heavy (non-hydrogen) atoms. The summed E-state index contributed by atoms with van der Waals surface area (Å²) in [5, 5.41) is 24.6. The van der Waals surface area contributed by atoms with Crippen molar-refractivity contribution in [1.82, 2.24) is 5.32 Å². The normalized spacial score (nSPS) is 19.7. The Morgan fingerprint density at radius 3 is 2.50 bits per heavy atom. The Morgan fingerprint density at radius 2 is 1.86 bits per heavy atom. The second kappa shape index (κ2) is 17.6. The summed E-state index contributed by atoms with van der Waals surface area (Å²) < 4.78 is 4.63. The van der Waals surface area contributed by atoms with Gasteiger partial charge in [-0.1, -0.05) is 81.7 Å². The van der Waals surface area contributed by atoms with Gasteiger partial charge in [-0.05, 0) is 12.0 Å². The minimum atomic E-state index is -0.526. The predicted molar refractivity (Wildman–Crippen MR) is 112 cm³/mol. The molecule has 2 unspecified atom stereocenters. The zero-order valence-corrected chi connectivity index (χ0v) is 20.7. The van der Waals surface area contributed by atoms with E-state index in [9.17, 15) is 0 Å². The van der Waals surface area contributed by atoms with Gasteiger partial charge in [0.1, 0.15) is 0 Å². The zero-order valence-electron chi connectivity index (χ0n) is 17.8. The van der Waals surface area contributed by atoms with E-state index in [4.69, 9.17) is 15.5 Å². The monoisotopic (exact) mass is 563 g/mol. The van der Waals surface area contributed by atoms with Crippen molar-refractivity contribution in [1.29, 1.82) is 0 Å². The van der Waals surface area contributed by atoms with Crippen LogP contribution in [0.25, 0.3) is 5.32 Å². The second-order valence-electron chi connectivity index (χ2n) is 6.92. The van der Waals surface area contributed by atoms with E-state index >= 15 is 0 Å². The Hall–Kier alpha value is -0.292. The van der Waals surface area contributed by atoms with Crippen LogP contribution in [0.3, 0.4) is 0 Å². The topological polar surface area (TPSA) is 75.8 Å². The van der Waals surface area contributed by atoms with Crippen LogP contribution in [0.5, 0.6) is 0 Å². The van der Waals surface area contributed by atoms with Gasteiger partial charge in [-0.3, -0.25) is 5.32 Å². The molecule has 3 rings (SSSR count). The van der Waals surface area contributed by atoms with Gasteiger partial charge in [0.25, 0.3) is 0 Å². The molecule has 1 saturated carbocycles. The molecule has 0 bridgehead atoms. The summed E-state index contributed by atoms with van der Waals surface area (Å²) in [4.78, 5) is 0. The number of aliphatic hydroxyl groups is 2. The number of rotatable bonds is 6. The number of nitrogens with zero attached hydrogens (tertiary/aromatic N) is 1. The van der Waals surface area contributed by atoms with Crippen LogP contribution in [0, 0.1) is 5.92 Å². The van der Waals surface area contributed by atoms with Gasteiger partial charge in [-0.25, -0.2) is 0 Å². The standard InChI is InChI=1S/C15H20N.C5H13NO3.C2H6.W/c1-2-7-13(8-3-1)15-14-9-5-4-6-12(14)10-11-16-15;1-9-3-5(8)2-6-4-7;1-2;/h4-6,9,13,15H,1-3,7-8,10-11H2;5-8H,2-4H2,1H3;1-2H3;/q-1;;;. The first-order valence-electron chi connectivity index (χ1n) is 10.5. The summed E-state index contributed by atoms with van der Waals surface area (Å²) >= 11 is 0. The van der Waals surface area contributed by atoms with Gasteiger partial charge >= 0.3 is 0 Å². The van der Waals surface area contributed by atoms with Crippen LogP contribution in [0.4, 0.5) is 0 Å². The Kier molecular flexibility index (Phi) is 17.4. The molecule has 5 nitrogen and oxygen atoms in total. The van der Waals surface area contributed by atoms with Crippen LogP contribution >= 0.6 is 0 Å². The van der Waals surface area contributed by atoms with Crippen molar-refractivity contribution < 1.29 is 36.0 Å². The average Bonchev–Trinajstić information content (AvgIpc) is 2.74. The maximum atomic E-state index is 8.88. The van der Waals surface area contributed by atoms with E-state index in [1.54, 1.807) is 5.56 Å². The van der Waals surface area contributed by atoms with Crippen molar-refractivity contribution in [3.8, 4) is 0 Å². The van der Waals surface area contributed by atoms with Crippen molar-refractivity contribution in [2.24, 2.45) is 5.92 Å². The third-order valence-electron chi connectivity index (χ3n) is 5.03. The van der Waals surface area contributed by atoms with Gasteiger partial charge < -0.3 is 20.3 Å². The molecule has 2 aliphatic rings. The molecule has 0 saturated heterocycles. The van der Waals surface area contributed by atoms with E-state index in [2.05, 4.69) is 34.3 Å². The fraction of sp³-hybridized carbons (Fsp3) is 0.727. The van der Waals surface area contributed by atoms with E-state index in [0.717, 1.165) is 18.9 Å². The molecule has 162 valence electrons. The number of methoxy groups -OCH3 is 1. The molecule has 1 aromatic rings. The molecule has 1 fully saturated rings. The number of hydrogen-bond acceptors (Lipinski definition) is 4. The number of fused-ring (bicyclic) bond motifs is 1. The fourth-order valence-corrected chi connectivity index (χ4v) is 3.81. The van der Waals surface area contributed by atoms with E-state index in [1.165, 1.54) is 44.8 Å². The molecule has 1 heterocycles. The third-order valence-corrected chi connectivity index (χ3v) is 5.03. The molecule has 3 N–H and O–H groups in total. The van der Waals surface area contributed by atoms with Gasteiger partial charge in [0.05, 0.1) is 19.4 Å². The van der Waals surface area contributed by atoms with Gasteiger partial charge in [-0.2, -0.15) is 0 Å². The average molecular weight is 563 g/mol. The second-order valence-corrected chi connectivity index (χ2v) is 6.92. The van der Waals surface area contributed by atoms with Gasteiger partial charge in [-0.15, -0.1) is 12.6 Å². The maximum absolute atomic E-state index is 8.88. The van der Waals surface area contributed by atoms with E-state index < -0.39 is 6.10 Å². The predicted octanol–water partition coefficient (Wildman–Crippen LogP) is 3.79. The van der Waals surface area contributed by atoms with Crippen molar-refractivity contribution >= 4 is 0 Å². The minimum absolute atomic E-state index is 0. The first-order valence-corrected chi connectivity index (χ1v) is 10.5. The summed E-state index contributed by atoms with van der Waals surface area (Å²) in [6.45, 7) is 5.59. The van der Waals surface area contributed by atoms with Crippen molar-refractivity contribution in [2.45, 2.75) is 64.5 Å². The van der Waals surface area contributed by atoms with Gasteiger partial charge in [0, 0.05) is 34.7 Å². The van der Waals surface area contributed by atoms with Crippen molar-refractivity contribution in [3.63, 3.8) is 0 Å². The van der Waals surface area contributed by atoms with Gasteiger partial charge in [0.2, 0.25) is 0 Å². The molecule has 0 amide bonds. The van der Waals surface area contributed by atoms with Crippen LogP contribution in [-0.4, -0.2) is 49.9 Å². The largest absolute Gasteiger partial charge is 0.655 e. The SMILES string of the molecule is CC.COCC(O)CNCO.[W].c1ccc2c(c1)CC[N-]C2C1CCCCC1. The first-order chi connectivity index (χ1) is 13.3. The summed E-state index contributed by atoms with van der Waals surface area (Å²) in [6, 6.07) is 9.46. The quantitative estimate of drug-likeness (QED) is 0.461. The van der Waals surface area contributed by atoms with Crippen molar-refractivity contribution in [2.75, 3.05) is 33.5 Å². The summed E-state index contributed by atoms with van der Waals surface area (Å²) in [6.07, 6.45) is 7.68. The zero-order chi connectivity index (χ0) is 19.9. The molecule has 6 heteroatoms. The molecule has 1 aliphatic carbocycles. The number of aliphatic hydroxyl groups excluding tert-OH is 2. The van der Waals surface area contributed by atoms with Crippen LogP contribution in [0.15, 0.2) is 24.3 Å². The third kappa shape index (κ3) is 9.95. The number of hydrogen-bond donors (Lipinski definition) is 3. The molecular weight excluding hydrogens is 524 g/mol. The Bertz CT molecular complexity index is 485. The Balaban J connectivity index is 0.000000529. The summed E-state index contributed by atoms with van der Waals surface area (Å²) in [5.41, 5.74) is 3.08. The van der Waals surface area contributed by atoms with Crippen LogP contribution in [-0.2, 0) is 32.2 Å². The molecule has 0 aromatic heterocycles. The molecule has 1 aromatic carbocycles. The number of nitrogens with one attached hydrogen (secondary N) is 1. The van der Waals surface area contributed by atoms with Crippen LogP contribution in [0.1, 0.15) is 63.1 Å². The molecule has 0 radical (unpaired) electrons. The maximum Gasteiger partial charge on any atom is 0.0932 e. The summed E-state index contributed by atoms with van der Waals surface area (Å²) in [5.74, 6) is 0.829. The Morgan fingerprint density at radius 1 is 1.18 bits per heavy atom. The smallest absolute Gasteiger partial charge is 0.0932 e. The van der Waals surface area contributed by atoms with Crippen molar-refractivity contribution in [3.05, 3.63) is 40.7 Å². The number of ether oxygens (including phenoxy) is 1. The summed E-state index contributed by atoms with van der Waals surface area (Å²) in [7, 11) is 1.52. The molecule has 2 atom stereocenters. The molecular formula is C22H39N2O3W-. The fourth-order valence-electron chi connectivity index (χ4n) is 3.81. The van der Waals surface area contributed by atoms with Crippen LogP contribution in [0.2, 0.25) is 0 Å². The minimum Gasteiger partial charge on any atom is -0.655 e. The molecule has 1 aliphatic heterocycles. The number of benzene rings is 1. The van der Waals surface area contributed by atoms with Gasteiger partial charge in [0.15, 0.2) is 0 Å². The first kappa shape index (κ1) is 27.7. The van der Waals surface area contributed by atoms with E-state index in [0.29, 0.717) is 19.2 Å².